The van der Waals surface area contributed by atoms with Crippen LogP contribution >= 0.6 is 0 Å². The molecule has 0 aromatic carbocycles. The lowest BCUT2D eigenvalue weighted by molar-refractivity contribution is -0.135. The molecule has 3 atom stereocenters. The Kier molecular flexibility index (Phi) is 4.88. The molecule has 0 radical (unpaired) electrons. The maximum Gasteiger partial charge on any atom is 0.240 e. The molecule has 0 spiro atoms. The summed E-state index contributed by atoms with van der Waals surface area (Å²) < 4.78 is 0. The van der Waals surface area contributed by atoms with E-state index in [4.69, 9.17) is 0 Å². The predicted octanol–water partition coefficient (Wildman–Crippen LogP) is 2.52. The number of rotatable bonds is 5. The first kappa shape index (κ1) is 14.8. The summed E-state index contributed by atoms with van der Waals surface area (Å²) in [4.78, 5) is 14.9. The van der Waals surface area contributed by atoms with Crippen molar-refractivity contribution in [2.45, 2.75) is 53.0 Å². The van der Waals surface area contributed by atoms with E-state index < -0.39 is 0 Å². The van der Waals surface area contributed by atoms with Gasteiger partial charge in [-0.2, -0.15) is 0 Å². The molecular formula is C16H30N2O. The maximum atomic E-state index is 12.8. The minimum atomic E-state index is 0.102. The second kappa shape index (κ2) is 6.25. The smallest absolute Gasteiger partial charge is 0.240 e. The lowest BCUT2D eigenvalue weighted by Gasteiger charge is -2.30. The first-order valence-corrected chi connectivity index (χ1v) is 8.01. The van der Waals surface area contributed by atoms with Gasteiger partial charge in [0.25, 0.3) is 0 Å². The normalized spacial score (nSPS) is 30.1. The van der Waals surface area contributed by atoms with Gasteiger partial charge in [0.2, 0.25) is 5.91 Å². The molecule has 1 saturated heterocycles. The molecule has 2 aliphatic rings. The molecule has 0 aromatic rings. The molecule has 0 bridgehead atoms. The molecule has 1 aliphatic carbocycles. The summed E-state index contributed by atoms with van der Waals surface area (Å²) in [6.45, 7) is 11.6. The number of nitrogens with zero attached hydrogens (tertiary/aromatic N) is 1. The van der Waals surface area contributed by atoms with Gasteiger partial charge in [-0.3, -0.25) is 4.79 Å². The molecule has 3 nitrogen and oxygen atoms in total. The van der Waals surface area contributed by atoms with E-state index in [1.807, 2.05) is 0 Å². The van der Waals surface area contributed by atoms with Crippen LogP contribution in [-0.4, -0.2) is 36.5 Å². The fourth-order valence-corrected chi connectivity index (χ4v) is 3.79. The van der Waals surface area contributed by atoms with E-state index in [9.17, 15) is 4.79 Å². The van der Waals surface area contributed by atoms with E-state index in [-0.39, 0.29) is 6.04 Å². The number of amides is 1. The minimum Gasteiger partial charge on any atom is -0.341 e. The molecule has 2 rings (SSSR count). The van der Waals surface area contributed by atoms with E-state index >= 15 is 0 Å². The minimum absolute atomic E-state index is 0.102. The summed E-state index contributed by atoms with van der Waals surface area (Å²) in [5.74, 6) is 2.81. The Morgan fingerprint density at radius 1 is 1.16 bits per heavy atom. The van der Waals surface area contributed by atoms with Crippen LogP contribution < -0.4 is 5.32 Å². The highest BCUT2D eigenvalue weighted by atomic mass is 16.2. The Bertz CT molecular complexity index is 304. The third kappa shape index (κ3) is 3.50. The van der Waals surface area contributed by atoms with Crippen LogP contribution in [0.15, 0.2) is 0 Å². The fourth-order valence-electron chi connectivity index (χ4n) is 3.79. The Balaban J connectivity index is 2.01. The van der Waals surface area contributed by atoms with Gasteiger partial charge >= 0.3 is 0 Å². The van der Waals surface area contributed by atoms with Crippen molar-refractivity contribution in [3.05, 3.63) is 0 Å². The van der Waals surface area contributed by atoms with E-state index in [2.05, 4.69) is 37.9 Å². The van der Waals surface area contributed by atoms with Crippen LogP contribution in [0, 0.1) is 23.7 Å². The standard InChI is InChI=1S/C16H30N2O/c1-11(2)9-18(10-12(3)4)16(19)15-14-7-5-6-13(14)8-17-15/h11-15,17H,5-10H2,1-4H3. The SMILES string of the molecule is CC(C)CN(CC(C)C)C(=O)C1NCC2CCCC21. The van der Waals surface area contributed by atoms with Gasteiger partial charge in [0.1, 0.15) is 0 Å². The van der Waals surface area contributed by atoms with Gasteiger partial charge in [-0.15, -0.1) is 0 Å². The van der Waals surface area contributed by atoms with Crippen molar-refractivity contribution < 1.29 is 4.79 Å². The molecule has 110 valence electrons. The molecule has 0 aromatic heterocycles. The zero-order valence-corrected chi connectivity index (χ0v) is 13.0. The Morgan fingerprint density at radius 3 is 2.37 bits per heavy atom. The third-order valence-corrected chi connectivity index (χ3v) is 4.49. The van der Waals surface area contributed by atoms with E-state index in [1.165, 1.54) is 19.3 Å². The van der Waals surface area contributed by atoms with Gasteiger partial charge < -0.3 is 10.2 Å². The fraction of sp³-hybridized carbons (Fsp3) is 0.938. The summed E-state index contributed by atoms with van der Waals surface area (Å²) in [5.41, 5.74) is 0. The molecule has 3 heteroatoms. The van der Waals surface area contributed by atoms with Gasteiger partial charge in [0.05, 0.1) is 6.04 Å². The molecule has 1 amide bonds. The van der Waals surface area contributed by atoms with Crippen molar-refractivity contribution in [2.24, 2.45) is 23.7 Å². The molecule has 2 fully saturated rings. The van der Waals surface area contributed by atoms with Crippen molar-refractivity contribution in [1.82, 2.24) is 10.2 Å². The largest absolute Gasteiger partial charge is 0.341 e. The number of carbonyl (C=O) groups excluding carboxylic acids is 1. The molecule has 1 N–H and O–H groups in total. The molecule has 1 aliphatic heterocycles. The summed E-state index contributed by atoms with van der Waals surface area (Å²) in [7, 11) is 0. The number of hydrogen-bond acceptors (Lipinski definition) is 2. The van der Waals surface area contributed by atoms with E-state index in [0.29, 0.717) is 23.7 Å². The van der Waals surface area contributed by atoms with E-state index in [1.54, 1.807) is 0 Å². The van der Waals surface area contributed by atoms with Gasteiger partial charge in [-0.1, -0.05) is 34.1 Å². The van der Waals surface area contributed by atoms with Gasteiger partial charge in [-0.05, 0) is 43.1 Å². The lowest BCUT2D eigenvalue weighted by atomic mass is 9.93. The second-order valence-corrected chi connectivity index (χ2v) is 7.27. The average molecular weight is 266 g/mol. The number of fused-ring (bicyclic) bond motifs is 1. The van der Waals surface area contributed by atoms with Crippen molar-refractivity contribution >= 4 is 5.91 Å². The Morgan fingerprint density at radius 2 is 1.79 bits per heavy atom. The molecule has 19 heavy (non-hydrogen) atoms. The zero-order valence-electron chi connectivity index (χ0n) is 13.0. The topological polar surface area (TPSA) is 32.3 Å². The maximum absolute atomic E-state index is 12.8. The predicted molar refractivity (Wildman–Crippen MR) is 78.9 cm³/mol. The summed E-state index contributed by atoms with van der Waals surface area (Å²) >= 11 is 0. The average Bonchev–Trinajstić information content (AvgIpc) is 2.87. The molecule has 1 saturated carbocycles. The first-order chi connectivity index (χ1) is 8.99. The lowest BCUT2D eigenvalue weighted by Crippen LogP contribution is -2.48. The van der Waals surface area contributed by atoms with Crippen molar-refractivity contribution in [3.63, 3.8) is 0 Å². The quantitative estimate of drug-likeness (QED) is 0.829. The highest BCUT2D eigenvalue weighted by Crippen LogP contribution is 2.38. The van der Waals surface area contributed by atoms with Crippen LogP contribution in [0.2, 0.25) is 0 Å². The summed E-state index contributed by atoms with van der Waals surface area (Å²) in [5, 5.41) is 3.49. The number of nitrogens with one attached hydrogen (secondary N) is 1. The van der Waals surface area contributed by atoms with E-state index in [0.717, 1.165) is 25.6 Å². The molecule has 1 heterocycles. The van der Waals surface area contributed by atoms with Crippen LogP contribution in [0.25, 0.3) is 0 Å². The third-order valence-electron chi connectivity index (χ3n) is 4.49. The number of carbonyl (C=O) groups is 1. The van der Waals surface area contributed by atoms with Crippen molar-refractivity contribution in [3.8, 4) is 0 Å². The summed E-state index contributed by atoms with van der Waals surface area (Å²) in [6.07, 6.45) is 3.87. The number of hydrogen-bond donors (Lipinski definition) is 1. The van der Waals surface area contributed by atoms with Gasteiger partial charge in [0, 0.05) is 13.1 Å². The van der Waals surface area contributed by atoms with Crippen LogP contribution in [-0.2, 0) is 4.79 Å². The van der Waals surface area contributed by atoms with Gasteiger partial charge in [-0.25, -0.2) is 0 Å². The highest BCUT2D eigenvalue weighted by Gasteiger charge is 2.43. The first-order valence-electron chi connectivity index (χ1n) is 8.01. The van der Waals surface area contributed by atoms with Crippen LogP contribution in [0.1, 0.15) is 47.0 Å². The van der Waals surface area contributed by atoms with Crippen LogP contribution in [0.4, 0.5) is 0 Å². The van der Waals surface area contributed by atoms with Crippen molar-refractivity contribution in [2.75, 3.05) is 19.6 Å². The van der Waals surface area contributed by atoms with Crippen LogP contribution in [0.3, 0.4) is 0 Å². The second-order valence-electron chi connectivity index (χ2n) is 7.27. The monoisotopic (exact) mass is 266 g/mol. The van der Waals surface area contributed by atoms with Gasteiger partial charge in [0.15, 0.2) is 0 Å². The molecule has 3 unspecified atom stereocenters. The Labute approximate surface area is 118 Å². The highest BCUT2D eigenvalue weighted by molar-refractivity contribution is 5.82. The van der Waals surface area contributed by atoms with Crippen molar-refractivity contribution in [1.29, 1.82) is 0 Å². The molecular weight excluding hydrogens is 236 g/mol. The Hall–Kier alpha value is -0.570. The summed E-state index contributed by atoms with van der Waals surface area (Å²) in [6, 6.07) is 0.102. The van der Waals surface area contributed by atoms with Crippen LogP contribution in [0.5, 0.6) is 0 Å². The zero-order chi connectivity index (χ0) is 14.0.